The summed E-state index contributed by atoms with van der Waals surface area (Å²) in [5.74, 6) is -1.11. The van der Waals surface area contributed by atoms with Crippen LogP contribution in [0.4, 0.5) is 5.69 Å². The second kappa shape index (κ2) is 10.3. The number of nitrogens with one attached hydrogen (secondary N) is 1. The summed E-state index contributed by atoms with van der Waals surface area (Å²) in [6.45, 7) is 6.68. The summed E-state index contributed by atoms with van der Waals surface area (Å²) in [6.07, 6.45) is 0.883. The number of rotatable bonds is 8. The van der Waals surface area contributed by atoms with Crippen molar-refractivity contribution in [3.8, 4) is 0 Å². The van der Waals surface area contributed by atoms with Gasteiger partial charge in [-0.05, 0) is 56.2 Å². The van der Waals surface area contributed by atoms with E-state index >= 15 is 0 Å². The van der Waals surface area contributed by atoms with E-state index < -0.39 is 18.5 Å². The topological polar surface area (TPSA) is 75.7 Å². The van der Waals surface area contributed by atoms with Gasteiger partial charge < -0.3 is 15.0 Å². The van der Waals surface area contributed by atoms with Crippen molar-refractivity contribution in [3.05, 3.63) is 65.2 Å². The van der Waals surface area contributed by atoms with Crippen LogP contribution in [0.5, 0.6) is 0 Å². The molecule has 0 saturated carbocycles. The Balaban J connectivity index is 1.93. The first kappa shape index (κ1) is 21.2. The standard InChI is InChI=1S/C22H26N2O4/c1-4-16-10-12-17(13-11-16)22(27)28-15-20(25)23-19-9-7-8-18(14-19)21(26)24(5-2)6-3/h7-14H,4-6,15H2,1-3H3,(H,23,25). The monoisotopic (exact) mass is 382 g/mol. The average molecular weight is 382 g/mol. The predicted octanol–water partition coefficient (Wildman–Crippen LogP) is 3.53. The Morgan fingerprint density at radius 3 is 2.21 bits per heavy atom. The summed E-state index contributed by atoms with van der Waals surface area (Å²) in [7, 11) is 0. The van der Waals surface area contributed by atoms with Gasteiger partial charge in [0.05, 0.1) is 5.56 Å². The summed E-state index contributed by atoms with van der Waals surface area (Å²) in [6, 6.07) is 13.8. The first-order valence-electron chi connectivity index (χ1n) is 9.43. The predicted molar refractivity (Wildman–Crippen MR) is 108 cm³/mol. The highest BCUT2D eigenvalue weighted by Gasteiger charge is 2.14. The molecule has 2 aromatic rings. The van der Waals surface area contributed by atoms with E-state index in [-0.39, 0.29) is 5.91 Å². The summed E-state index contributed by atoms with van der Waals surface area (Å²) in [5, 5.41) is 2.65. The minimum Gasteiger partial charge on any atom is -0.452 e. The zero-order valence-electron chi connectivity index (χ0n) is 16.5. The maximum Gasteiger partial charge on any atom is 0.338 e. The Kier molecular flexibility index (Phi) is 7.75. The number of nitrogens with zero attached hydrogens (tertiary/aromatic N) is 1. The van der Waals surface area contributed by atoms with Gasteiger partial charge >= 0.3 is 5.97 Å². The van der Waals surface area contributed by atoms with Crippen LogP contribution >= 0.6 is 0 Å². The molecule has 6 heteroatoms. The van der Waals surface area contributed by atoms with E-state index in [4.69, 9.17) is 4.74 Å². The fourth-order valence-corrected chi connectivity index (χ4v) is 2.71. The van der Waals surface area contributed by atoms with E-state index in [1.807, 2.05) is 32.9 Å². The van der Waals surface area contributed by atoms with Crippen molar-refractivity contribution in [1.82, 2.24) is 4.90 Å². The Bertz CT molecular complexity index is 827. The van der Waals surface area contributed by atoms with Gasteiger partial charge in [0, 0.05) is 24.3 Å². The fourth-order valence-electron chi connectivity index (χ4n) is 2.71. The molecule has 0 heterocycles. The van der Waals surface area contributed by atoms with Crippen LogP contribution < -0.4 is 5.32 Å². The van der Waals surface area contributed by atoms with Gasteiger partial charge in [0.2, 0.25) is 0 Å². The highest BCUT2D eigenvalue weighted by Crippen LogP contribution is 2.13. The third-order valence-corrected chi connectivity index (χ3v) is 4.38. The van der Waals surface area contributed by atoms with Crippen LogP contribution in [0.2, 0.25) is 0 Å². The molecule has 148 valence electrons. The second-order valence-electron chi connectivity index (χ2n) is 6.23. The summed E-state index contributed by atoms with van der Waals surface area (Å²) >= 11 is 0. The molecular formula is C22H26N2O4. The molecule has 0 saturated heterocycles. The first-order chi connectivity index (χ1) is 13.5. The quantitative estimate of drug-likeness (QED) is 0.709. The Morgan fingerprint density at radius 1 is 0.929 bits per heavy atom. The molecule has 0 aromatic heterocycles. The van der Waals surface area contributed by atoms with Gasteiger partial charge in [0.25, 0.3) is 11.8 Å². The first-order valence-corrected chi connectivity index (χ1v) is 9.43. The number of carbonyl (C=O) groups excluding carboxylic acids is 3. The van der Waals surface area contributed by atoms with Gasteiger partial charge in [-0.15, -0.1) is 0 Å². The molecule has 0 unspecified atom stereocenters. The third-order valence-electron chi connectivity index (χ3n) is 4.38. The van der Waals surface area contributed by atoms with Crippen molar-refractivity contribution in [2.75, 3.05) is 25.0 Å². The lowest BCUT2D eigenvalue weighted by atomic mass is 10.1. The SMILES string of the molecule is CCc1ccc(C(=O)OCC(=O)Nc2cccc(C(=O)N(CC)CC)c2)cc1. The van der Waals surface area contributed by atoms with E-state index in [0.717, 1.165) is 12.0 Å². The molecule has 0 atom stereocenters. The van der Waals surface area contributed by atoms with E-state index in [1.165, 1.54) is 0 Å². The molecule has 2 rings (SSSR count). The smallest absolute Gasteiger partial charge is 0.338 e. The highest BCUT2D eigenvalue weighted by atomic mass is 16.5. The number of anilines is 1. The molecule has 1 N–H and O–H groups in total. The molecule has 28 heavy (non-hydrogen) atoms. The molecule has 0 fully saturated rings. The van der Waals surface area contributed by atoms with Crippen molar-refractivity contribution in [1.29, 1.82) is 0 Å². The van der Waals surface area contributed by atoms with Gasteiger partial charge in [-0.3, -0.25) is 9.59 Å². The van der Waals surface area contributed by atoms with Crippen LogP contribution in [0.3, 0.4) is 0 Å². The van der Waals surface area contributed by atoms with Crippen LogP contribution in [-0.4, -0.2) is 42.4 Å². The molecule has 0 aliphatic heterocycles. The molecule has 2 amide bonds. The molecule has 0 aliphatic rings. The van der Waals surface area contributed by atoms with Gasteiger partial charge in [-0.25, -0.2) is 4.79 Å². The van der Waals surface area contributed by atoms with Crippen molar-refractivity contribution < 1.29 is 19.1 Å². The van der Waals surface area contributed by atoms with Crippen molar-refractivity contribution in [2.24, 2.45) is 0 Å². The van der Waals surface area contributed by atoms with Crippen LogP contribution in [-0.2, 0) is 16.0 Å². The van der Waals surface area contributed by atoms with Gasteiger partial charge in [-0.1, -0.05) is 25.1 Å². The molecule has 0 spiro atoms. The number of benzene rings is 2. The van der Waals surface area contributed by atoms with E-state index in [1.54, 1.807) is 41.3 Å². The van der Waals surface area contributed by atoms with Crippen LogP contribution in [0.15, 0.2) is 48.5 Å². The summed E-state index contributed by atoms with van der Waals surface area (Å²) < 4.78 is 5.06. The lowest BCUT2D eigenvalue weighted by Gasteiger charge is -2.19. The normalized spacial score (nSPS) is 10.2. The summed E-state index contributed by atoms with van der Waals surface area (Å²) in [5.41, 5.74) is 2.49. The maximum absolute atomic E-state index is 12.4. The van der Waals surface area contributed by atoms with Gasteiger partial charge in [0.15, 0.2) is 6.61 Å². The fraction of sp³-hybridized carbons (Fsp3) is 0.318. The number of carbonyl (C=O) groups is 3. The number of ether oxygens (including phenoxy) is 1. The van der Waals surface area contributed by atoms with E-state index in [2.05, 4.69) is 5.32 Å². The zero-order chi connectivity index (χ0) is 20.5. The lowest BCUT2D eigenvalue weighted by molar-refractivity contribution is -0.119. The third kappa shape index (κ3) is 5.67. The van der Waals surface area contributed by atoms with E-state index in [9.17, 15) is 14.4 Å². The molecule has 0 radical (unpaired) electrons. The molecule has 2 aromatic carbocycles. The lowest BCUT2D eigenvalue weighted by Crippen LogP contribution is -2.30. The number of esters is 1. The van der Waals surface area contributed by atoms with Gasteiger partial charge in [0.1, 0.15) is 0 Å². The number of hydrogen-bond donors (Lipinski definition) is 1. The number of hydrogen-bond acceptors (Lipinski definition) is 4. The Hall–Kier alpha value is -3.15. The average Bonchev–Trinajstić information content (AvgIpc) is 2.73. The minimum atomic E-state index is -0.553. The van der Waals surface area contributed by atoms with Crippen molar-refractivity contribution in [2.45, 2.75) is 27.2 Å². The maximum atomic E-state index is 12.4. The van der Waals surface area contributed by atoms with Crippen molar-refractivity contribution in [3.63, 3.8) is 0 Å². The summed E-state index contributed by atoms with van der Waals surface area (Å²) in [4.78, 5) is 38.2. The van der Waals surface area contributed by atoms with Crippen molar-refractivity contribution >= 4 is 23.5 Å². The zero-order valence-corrected chi connectivity index (χ0v) is 16.5. The number of aryl methyl sites for hydroxylation is 1. The molecular weight excluding hydrogens is 356 g/mol. The highest BCUT2D eigenvalue weighted by molar-refractivity contribution is 5.98. The molecule has 6 nitrogen and oxygen atoms in total. The Morgan fingerprint density at radius 2 is 1.61 bits per heavy atom. The van der Waals surface area contributed by atoms with Crippen LogP contribution in [0.25, 0.3) is 0 Å². The van der Waals surface area contributed by atoms with Crippen LogP contribution in [0, 0.1) is 0 Å². The van der Waals surface area contributed by atoms with E-state index in [0.29, 0.717) is 29.9 Å². The molecule has 0 bridgehead atoms. The molecule has 0 aliphatic carbocycles. The Labute approximate surface area is 165 Å². The largest absolute Gasteiger partial charge is 0.452 e. The minimum absolute atomic E-state index is 0.0944. The second-order valence-corrected chi connectivity index (χ2v) is 6.23. The van der Waals surface area contributed by atoms with Gasteiger partial charge in [-0.2, -0.15) is 0 Å². The van der Waals surface area contributed by atoms with Crippen LogP contribution in [0.1, 0.15) is 47.1 Å². The number of amides is 2.